The van der Waals surface area contributed by atoms with Gasteiger partial charge in [0.15, 0.2) is 6.19 Å². The van der Waals surface area contributed by atoms with Crippen molar-refractivity contribution in [2.24, 2.45) is 5.92 Å². The van der Waals surface area contributed by atoms with E-state index in [1.165, 1.54) is 12.1 Å². The van der Waals surface area contributed by atoms with E-state index in [1.54, 1.807) is 35.5 Å². The summed E-state index contributed by atoms with van der Waals surface area (Å²) in [4.78, 5) is 20.5. The Labute approximate surface area is 145 Å². The van der Waals surface area contributed by atoms with Crippen LogP contribution in [0.5, 0.6) is 0 Å². The van der Waals surface area contributed by atoms with Crippen LogP contribution in [0.4, 0.5) is 4.39 Å². The van der Waals surface area contributed by atoms with Gasteiger partial charge in [-0.1, -0.05) is 0 Å². The molecule has 0 aliphatic carbocycles. The lowest BCUT2D eigenvalue weighted by atomic mass is 10.0. The van der Waals surface area contributed by atoms with E-state index in [1.807, 2.05) is 4.90 Å². The number of hydrogen-bond acceptors (Lipinski definition) is 4. The predicted molar refractivity (Wildman–Crippen MR) is 89.7 cm³/mol. The van der Waals surface area contributed by atoms with Gasteiger partial charge in [-0.15, -0.1) is 0 Å². The normalized spacial score (nSPS) is 21.9. The fourth-order valence-corrected chi connectivity index (χ4v) is 3.87. The number of halogens is 1. The van der Waals surface area contributed by atoms with Gasteiger partial charge in [0.2, 0.25) is 0 Å². The van der Waals surface area contributed by atoms with E-state index in [4.69, 9.17) is 5.26 Å². The lowest BCUT2D eigenvalue weighted by molar-refractivity contribution is 0.0731. The van der Waals surface area contributed by atoms with Gasteiger partial charge in [-0.25, -0.2) is 4.39 Å². The number of fused-ring (bicyclic) bond motifs is 1. The van der Waals surface area contributed by atoms with Crippen LogP contribution >= 0.6 is 0 Å². The first kappa shape index (κ1) is 15.6. The van der Waals surface area contributed by atoms with Gasteiger partial charge in [-0.05, 0) is 42.3 Å². The smallest absolute Gasteiger partial charge is 0.254 e. The number of pyridine rings is 1. The minimum Gasteiger partial charge on any atom is -0.333 e. The zero-order valence-electron chi connectivity index (χ0n) is 13.6. The molecule has 1 aromatic carbocycles. The van der Waals surface area contributed by atoms with Gasteiger partial charge >= 0.3 is 0 Å². The van der Waals surface area contributed by atoms with Crippen LogP contribution in [0.25, 0.3) is 11.1 Å². The molecule has 0 saturated carbocycles. The molecule has 2 aromatic rings. The third kappa shape index (κ3) is 2.72. The summed E-state index contributed by atoms with van der Waals surface area (Å²) in [5, 5.41) is 9.08. The third-order valence-corrected chi connectivity index (χ3v) is 5.15. The van der Waals surface area contributed by atoms with Crippen molar-refractivity contribution in [3.05, 3.63) is 54.1 Å². The van der Waals surface area contributed by atoms with E-state index in [-0.39, 0.29) is 17.8 Å². The number of nitrogens with zero attached hydrogens (tertiary/aromatic N) is 4. The molecule has 2 aliphatic heterocycles. The van der Waals surface area contributed by atoms with E-state index < -0.39 is 0 Å². The van der Waals surface area contributed by atoms with E-state index in [2.05, 4.69) is 11.2 Å². The minimum absolute atomic E-state index is 0.0709. The Balaban J connectivity index is 1.62. The first-order chi connectivity index (χ1) is 12.2. The number of amides is 1. The number of hydrogen-bond donors (Lipinski definition) is 0. The van der Waals surface area contributed by atoms with Crippen molar-refractivity contribution < 1.29 is 9.18 Å². The minimum atomic E-state index is -0.362. The highest BCUT2D eigenvalue weighted by Gasteiger charge is 2.43. The summed E-state index contributed by atoms with van der Waals surface area (Å²) in [6.45, 7) is 2.00. The molecule has 5 nitrogen and oxygen atoms in total. The van der Waals surface area contributed by atoms with Gasteiger partial charge in [0, 0.05) is 49.1 Å². The SMILES string of the molecule is N#CN1C[C@H]2CCN(C(=O)c3ccc(F)c(-c4ccncc4)c3)[C@H]2C1. The van der Waals surface area contributed by atoms with Crippen molar-refractivity contribution in [3.63, 3.8) is 0 Å². The maximum atomic E-state index is 14.2. The summed E-state index contributed by atoms with van der Waals surface area (Å²) in [6.07, 6.45) is 6.28. The van der Waals surface area contributed by atoms with E-state index in [0.717, 1.165) is 13.0 Å². The molecule has 2 atom stereocenters. The van der Waals surface area contributed by atoms with Crippen LogP contribution in [0.3, 0.4) is 0 Å². The molecule has 3 heterocycles. The fourth-order valence-electron chi connectivity index (χ4n) is 3.87. The Hall–Kier alpha value is -2.94. The lowest BCUT2D eigenvalue weighted by Gasteiger charge is -2.24. The zero-order valence-corrected chi connectivity index (χ0v) is 13.6. The number of carbonyl (C=O) groups excluding carboxylic acids is 1. The summed E-state index contributed by atoms with van der Waals surface area (Å²) in [5.41, 5.74) is 1.57. The highest BCUT2D eigenvalue weighted by atomic mass is 19.1. The van der Waals surface area contributed by atoms with Gasteiger partial charge in [0.25, 0.3) is 5.91 Å². The van der Waals surface area contributed by atoms with Crippen molar-refractivity contribution in [2.45, 2.75) is 12.5 Å². The summed E-state index contributed by atoms with van der Waals surface area (Å²) in [6, 6.07) is 8.00. The Bertz CT molecular complexity index is 848. The maximum absolute atomic E-state index is 14.2. The van der Waals surface area contributed by atoms with E-state index in [9.17, 15) is 9.18 Å². The third-order valence-electron chi connectivity index (χ3n) is 5.15. The van der Waals surface area contributed by atoms with Crippen molar-refractivity contribution in [1.29, 1.82) is 5.26 Å². The molecule has 0 N–H and O–H groups in total. The Morgan fingerprint density at radius 1 is 1.24 bits per heavy atom. The maximum Gasteiger partial charge on any atom is 0.254 e. The summed E-state index contributed by atoms with van der Waals surface area (Å²) in [5.74, 6) is -0.107. The van der Waals surface area contributed by atoms with Gasteiger partial charge < -0.3 is 9.80 Å². The Morgan fingerprint density at radius 3 is 2.80 bits per heavy atom. The van der Waals surface area contributed by atoms with Gasteiger partial charge in [0.05, 0.1) is 6.04 Å². The zero-order chi connectivity index (χ0) is 17.4. The number of aromatic nitrogens is 1. The molecule has 0 spiro atoms. The average Bonchev–Trinajstić information content (AvgIpc) is 3.22. The number of rotatable bonds is 2. The molecule has 25 heavy (non-hydrogen) atoms. The monoisotopic (exact) mass is 336 g/mol. The van der Waals surface area contributed by atoms with Crippen LogP contribution in [0.2, 0.25) is 0 Å². The van der Waals surface area contributed by atoms with Crippen molar-refractivity contribution in [2.75, 3.05) is 19.6 Å². The average molecular weight is 336 g/mol. The van der Waals surface area contributed by atoms with Gasteiger partial charge in [-0.2, -0.15) is 5.26 Å². The molecule has 0 radical (unpaired) electrons. The first-order valence-corrected chi connectivity index (χ1v) is 8.33. The van der Waals surface area contributed by atoms with Gasteiger partial charge in [0.1, 0.15) is 5.82 Å². The molecule has 2 fully saturated rings. The molecule has 1 aromatic heterocycles. The van der Waals surface area contributed by atoms with Crippen molar-refractivity contribution >= 4 is 5.91 Å². The highest BCUT2D eigenvalue weighted by Crippen LogP contribution is 2.33. The molecular weight excluding hydrogens is 319 g/mol. The molecule has 6 heteroatoms. The van der Waals surface area contributed by atoms with Crippen LogP contribution in [0, 0.1) is 23.2 Å². The highest BCUT2D eigenvalue weighted by molar-refractivity contribution is 5.96. The van der Waals surface area contributed by atoms with Gasteiger partial charge in [-0.3, -0.25) is 9.78 Å². The van der Waals surface area contributed by atoms with Crippen molar-refractivity contribution in [1.82, 2.24) is 14.8 Å². The number of benzene rings is 1. The summed E-state index contributed by atoms with van der Waals surface area (Å²) in [7, 11) is 0. The second kappa shape index (κ2) is 6.17. The van der Waals surface area contributed by atoms with Crippen LogP contribution < -0.4 is 0 Å². The standard InChI is InChI=1S/C19H17FN4O/c20-17-2-1-14(9-16(17)13-3-6-22-7-4-13)19(25)24-8-5-15-10-23(12-21)11-18(15)24/h1-4,6-7,9,15,18H,5,8,10-11H2/t15-,18+/m1/s1. The predicted octanol–water partition coefficient (Wildman–Crippen LogP) is 2.52. The fraction of sp³-hybridized carbons (Fsp3) is 0.316. The van der Waals surface area contributed by atoms with Crippen LogP contribution in [0.15, 0.2) is 42.7 Å². The van der Waals surface area contributed by atoms with Crippen LogP contribution in [-0.2, 0) is 0 Å². The summed E-state index contributed by atoms with van der Waals surface area (Å²) >= 11 is 0. The largest absolute Gasteiger partial charge is 0.333 e. The quantitative estimate of drug-likeness (QED) is 0.791. The molecule has 0 bridgehead atoms. The second-order valence-electron chi connectivity index (χ2n) is 6.55. The van der Waals surface area contributed by atoms with E-state index >= 15 is 0 Å². The Morgan fingerprint density at radius 2 is 2.04 bits per heavy atom. The molecule has 4 rings (SSSR count). The number of carbonyl (C=O) groups is 1. The Kier molecular flexibility index (Phi) is 3.85. The molecule has 2 aliphatic rings. The summed E-state index contributed by atoms with van der Waals surface area (Å²) < 4.78 is 14.2. The van der Waals surface area contributed by atoms with Crippen LogP contribution in [0.1, 0.15) is 16.8 Å². The first-order valence-electron chi connectivity index (χ1n) is 8.33. The molecule has 1 amide bonds. The molecular formula is C19H17FN4O. The molecule has 0 unspecified atom stereocenters. The van der Waals surface area contributed by atoms with Crippen molar-refractivity contribution in [3.8, 4) is 17.3 Å². The second-order valence-corrected chi connectivity index (χ2v) is 6.55. The topological polar surface area (TPSA) is 60.2 Å². The number of nitriles is 1. The molecule has 2 saturated heterocycles. The molecule has 126 valence electrons. The lowest BCUT2D eigenvalue weighted by Crippen LogP contribution is -2.39. The van der Waals surface area contributed by atoms with Crippen LogP contribution in [-0.4, -0.2) is 46.4 Å². The van der Waals surface area contributed by atoms with E-state index in [0.29, 0.717) is 35.7 Å². The number of likely N-dealkylation sites (tertiary alicyclic amines) is 2.